The van der Waals surface area contributed by atoms with Crippen LogP contribution in [0.25, 0.3) is 0 Å². The number of rotatable bonds is 0. The lowest BCUT2D eigenvalue weighted by Gasteiger charge is -2.24. The van der Waals surface area contributed by atoms with Gasteiger partial charge in [-0.2, -0.15) is 0 Å². The minimum atomic E-state index is -2.01. The summed E-state index contributed by atoms with van der Waals surface area (Å²) in [7, 11) is -2.01. The summed E-state index contributed by atoms with van der Waals surface area (Å²) >= 11 is 0. The van der Waals surface area contributed by atoms with Crippen molar-refractivity contribution < 1.29 is 25.0 Å². The van der Waals surface area contributed by atoms with Gasteiger partial charge in [-0.05, 0) is 0 Å². The smallest absolute Gasteiger partial charge is 0.375 e. The molecule has 64 valence electrons. The Labute approximate surface area is 64.1 Å². The summed E-state index contributed by atoms with van der Waals surface area (Å²) < 4.78 is 10.8. The average Bonchev–Trinajstić information content (AvgIpc) is 1.97. The first-order valence-electron chi connectivity index (χ1n) is 3.20. The van der Waals surface area contributed by atoms with E-state index in [0.29, 0.717) is 0 Å². The van der Waals surface area contributed by atoms with Crippen LogP contribution in [-0.2, 0) is 4.57 Å². The first-order valence-corrected chi connectivity index (χ1v) is 4.71. The summed E-state index contributed by atoms with van der Waals surface area (Å²) in [5, 5.41) is 35.8. The summed E-state index contributed by atoms with van der Waals surface area (Å²) in [5.41, 5.74) is 0. The molecule has 0 aromatic carbocycles. The van der Waals surface area contributed by atoms with E-state index >= 15 is 0 Å². The molecular formula is C5H10O5P+. The van der Waals surface area contributed by atoms with E-state index < -0.39 is 32.0 Å². The molecule has 1 heterocycles. The Balaban J connectivity index is 2.70. The maximum absolute atomic E-state index is 10.8. The number of aliphatic hydroxyl groups is 4. The maximum Gasteiger partial charge on any atom is 0.375 e. The Bertz CT molecular complexity index is 172. The highest BCUT2D eigenvalue weighted by Gasteiger charge is 2.49. The molecule has 0 amide bonds. The highest BCUT2D eigenvalue weighted by molar-refractivity contribution is 7.45. The van der Waals surface area contributed by atoms with Gasteiger partial charge in [0, 0.05) is 0 Å². The fourth-order valence-corrected chi connectivity index (χ4v) is 2.29. The van der Waals surface area contributed by atoms with E-state index in [1.807, 2.05) is 0 Å². The first kappa shape index (κ1) is 9.03. The normalized spacial score (nSPS) is 49.3. The van der Waals surface area contributed by atoms with Crippen LogP contribution in [-0.4, -0.2) is 50.7 Å². The second-order valence-corrected chi connectivity index (χ2v) is 4.29. The molecule has 0 saturated carbocycles. The van der Waals surface area contributed by atoms with Crippen molar-refractivity contribution >= 4 is 7.80 Å². The van der Waals surface area contributed by atoms with Crippen molar-refractivity contribution in [1.29, 1.82) is 0 Å². The molecule has 1 aliphatic rings. The predicted octanol–water partition coefficient (Wildman–Crippen LogP) is -1.77. The minimum Gasteiger partial charge on any atom is -0.387 e. The molecule has 0 aliphatic carbocycles. The Hall–Kier alpha value is -0.0600. The molecule has 4 N–H and O–H groups in total. The van der Waals surface area contributed by atoms with Crippen molar-refractivity contribution in [1.82, 2.24) is 0 Å². The summed E-state index contributed by atoms with van der Waals surface area (Å²) in [6, 6.07) is 0. The summed E-state index contributed by atoms with van der Waals surface area (Å²) in [5.74, 6) is -1.41. The molecule has 1 aliphatic heterocycles. The molecule has 5 nitrogen and oxygen atoms in total. The molecule has 1 fully saturated rings. The van der Waals surface area contributed by atoms with Crippen LogP contribution in [0.3, 0.4) is 0 Å². The zero-order valence-corrected chi connectivity index (χ0v) is 6.56. The van der Waals surface area contributed by atoms with E-state index in [2.05, 4.69) is 0 Å². The lowest BCUT2D eigenvalue weighted by atomic mass is 10.1. The third-order valence-corrected chi connectivity index (χ3v) is 3.34. The standard InChI is InChI=1S/C5H10O5P/c6-2-1-11(10)5(9)4(8)3(2)7/h2-9H,1H2/q+1. The second-order valence-electron chi connectivity index (χ2n) is 2.56. The molecule has 1 rings (SSSR count). The van der Waals surface area contributed by atoms with Crippen molar-refractivity contribution in [3.05, 3.63) is 0 Å². The van der Waals surface area contributed by atoms with E-state index in [9.17, 15) is 4.57 Å². The van der Waals surface area contributed by atoms with Gasteiger partial charge in [0.15, 0.2) is 12.3 Å². The molecular weight excluding hydrogens is 171 g/mol. The van der Waals surface area contributed by atoms with Crippen LogP contribution < -0.4 is 0 Å². The Kier molecular flexibility index (Phi) is 2.57. The molecule has 1 saturated heterocycles. The van der Waals surface area contributed by atoms with Crippen LogP contribution in [0.15, 0.2) is 0 Å². The molecule has 6 heteroatoms. The van der Waals surface area contributed by atoms with Crippen molar-refractivity contribution in [3.63, 3.8) is 0 Å². The van der Waals surface area contributed by atoms with Crippen LogP contribution in [0.1, 0.15) is 0 Å². The van der Waals surface area contributed by atoms with Gasteiger partial charge in [-0.25, -0.2) is 0 Å². The quantitative estimate of drug-likeness (QED) is 0.331. The van der Waals surface area contributed by atoms with Crippen LogP contribution >= 0.6 is 7.80 Å². The topological polar surface area (TPSA) is 98.0 Å². The molecule has 0 aromatic rings. The zero-order chi connectivity index (χ0) is 8.59. The van der Waals surface area contributed by atoms with Crippen molar-refractivity contribution in [2.45, 2.75) is 24.2 Å². The van der Waals surface area contributed by atoms with E-state index in [1.54, 1.807) is 0 Å². The average molecular weight is 181 g/mol. The Morgan fingerprint density at radius 2 is 1.64 bits per heavy atom. The van der Waals surface area contributed by atoms with E-state index in [0.717, 1.165) is 0 Å². The molecule has 0 aromatic heterocycles. The van der Waals surface area contributed by atoms with E-state index in [-0.39, 0.29) is 6.16 Å². The molecule has 11 heavy (non-hydrogen) atoms. The summed E-state index contributed by atoms with van der Waals surface area (Å²) in [6.45, 7) is 0. The van der Waals surface area contributed by atoms with Gasteiger partial charge >= 0.3 is 7.80 Å². The largest absolute Gasteiger partial charge is 0.387 e. The maximum atomic E-state index is 10.8. The van der Waals surface area contributed by atoms with Gasteiger partial charge in [-0.15, -0.1) is 0 Å². The third-order valence-electron chi connectivity index (χ3n) is 1.71. The van der Waals surface area contributed by atoms with E-state index in [1.165, 1.54) is 0 Å². The number of aliphatic hydroxyl groups excluding tert-OH is 4. The van der Waals surface area contributed by atoms with Gasteiger partial charge in [0.25, 0.3) is 5.85 Å². The fourth-order valence-electron chi connectivity index (χ4n) is 0.975. The molecule has 0 spiro atoms. The highest BCUT2D eigenvalue weighted by atomic mass is 31.1. The Morgan fingerprint density at radius 1 is 1.09 bits per heavy atom. The summed E-state index contributed by atoms with van der Waals surface area (Å²) in [4.78, 5) is 0. The molecule has 5 atom stereocenters. The van der Waals surface area contributed by atoms with Crippen molar-refractivity contribution in [2.75, 3.05) is 6.16 Å². The predicted molar refractivity (Wildman–Crippen MR) is 36.5 cm³/mol. The van der Waals surface area contributed by atoms with Gasteiger partial charge in [-0.1, -0.05) is 4.57 Å². The van der Waals surface area contributed by atoms with Gasteiger partial charge < -0.3 is 20.4 Å². The monoisotopic (exact) mass is 181 g/mol. The number of hydrogen-bond acceptors (Lipinski definition) is 5. The lowest BCUT2D eigenvalue weighted by Crippen LogP contribution is -2.48. The lowest BCUT2D eigenvalue weighted by molar-refractivity contribution is -0.0871. The first-order chi connectivity index (χ1) is 5.04. The van der Waals surface area contributed by atoms with Gasteiger partial charge in [0.1, 0.15) is 12.2 Å². The van der Waals surface area contributed by atoms with Crippen LogP contribution in [0, 0.1) is 0 Å². The van der Waals surface area contributed by atoms with E-state index in [4.69, 9.17) is 20.4 Å². The Morgan fingerprint density at radius 3 is 2.18 bits per heavy atom. The van der Waals surface area contributed by atoms with Gasteiger partial charge in [0.2, 0.25) is 0 Å². The number of hydrogen-bond donors (Lipinski definition) is 4. The third kappa shape index (κ3) is 1.58. The van der Waals surface area contributed by atoms with Crippen molar-refractivity contribution in [2.24, 2.45) is 0 Å². The SMILES string of the molecule is O=[P+]1CC(O)C(O)C(O)C1O. The van der Waals surface area contributed by atoms with Crippen LogP contribution in [0.4, 0.5) is 0 Å². The molecule has 5 unspecified atom stereocenters. The minimum absolute atomic E-state index is 0.158. The zero-order valence-electron chi connectivity index (χ0n) is 5.66. The molecule has 0 radical (unpaired) electrons. The fraction of sp³-hybridized carbons (Fsp3) is 1.00. The highest BCUT2D eigenvalue weighted by Crippen LogP contribution is 2.36. The van der Waals surface area contributed by atoms with Crippen LogP contribution in [0.2, 0.25) is 0 Å². The second kappa shape index (κ2) is 3.13. The molecule has 0 bridgehead atoms. The van der Waals surface area contributed by atoms with Crippen molar-refractivity contribution in [3.8, 4) is 0 Å². The van der Waals surface area contributed by atoms with Gasteiger partial charge in [0.05, 0.1) is 0 Å². The van der Waals surface area contributed by atoms with Gasteiger partial charge in [-0.3, -0.25) is 0 Å². The van der Waals surface area contributed by atoms with Crippen LogP contribution in [0.5, 0.6) is 0 Å². The summed E-state index contributed by atoms with van der Waals surface area (Å²) in [6.07, 6.45) is -4.24.